The summed E-state index contributed by atoms with van der Waals surface area (Å²) in [6, 6.07) is 12.7. The number of hydrogen-bond donors (Lipinski definition) is 3. The number of rotatable bonds is 4. The van der Waals surface area contributed by atoms with Crippen LogP contribution in [0.1, 0.15) is 34.9 Å². The third-order valence-electron chi connectivity index (χ3n) is 4.42. The summed E-state index contributed by atoms with van der Waals surface area (Å²) in [5.74, 6) is 1.90. The topological polar surface area (TPSA) is 112 Å². The Labute approximate surface area is 148 Å². The minimum Gasteiger partial charge on any atom is -0.322 e. The van der Waals surface area contributed by atoms with Gasteiger partial charge >= 0.3 is 0 Å². The van der Waals surface area contributed by atoms with E-state index in [9.17, 15) is 4.79 Å². The molecule has 5 rings (SSSR count). The Morgan fingerprint density at radius 3 is 2.81 bits per heavy atom. The summed E-state index contributed by atoms with van der Waals surface area (Å²) in [5.41, 5.74) is 3.44. The lowest BCUT2D eigenvalue weighted by atomic mass is 10.1. The fourth-order valence-electron chi connectivity index (χ4n) is 2.86. The predicted molar refractivity (Wildman–Crippen MR) is 95.6 cm³/mol. The SMILES string of the molecule is O=C(Nc1cccc(-c2n[nH]c(C3CC3)n2)c1)c1ccc2n[nH]nc2c1. The van der Waals surface area contributed by atoms with E-state index >= 15 is 0 Å². The molecular formula is C18H15N7O. The van der Waals surface area contributed by atoms with Crippen molar-refractivity contribution in [2.45, 2.75) is 18.8 Å². The van der Waals surface area contributed by atoms with Gasteiger partial charge in [-0.2, -0.15) is 20.5 Å². The molecule has 26 heavy (non-hydrogen) atoms. The highest BCUT2D eigenvalue weighted by atomic mass is 16.1. The molecule has 0 saturated heterocycles. The number of nitrogens with one attached hydrogen (secondary N) is 3. The molecule has 2 aromatic heterocycles. The number of fused-ring (bicyclic) bond motifs is 1. The van der Waals surface area contributed by atoms with Crippen LogP contribution in [0.15, 0.2) is 42.5 Å². The van der Waals surface area contributed by atoms with Crippen LogP contribution in [0, 0.1) is 0 Å². The van der Waals surface area contributed by atoms with Crippen LogP contribution < -0.4 is 5.32 Å². The lowest BCUT2D eigenvalue weighted by Gasteiger charge is -2.06. The highest BCUT2D eigenvalue weighted by molar-refractivity contribution is 6.06. The van der Waals surface area contributed by atoms with Gasteiger partial charge in [0.05, 0.1) is 0 Å². The van der Waals surface area contributed by atoms with Crippen LogP contribution in [0.2, 0.25) is 0 Å². The quantitative estimate of drug-likeness (QED) is 0.526. The van der Waals surface area contributed by atoms with Crippen LogP contribution in [0.3, 0.4) is 0 Å². The van der Waals surface area contributed by atoms with Crippen molar-refractivity contribution in [1.82, 2.24) is 30.6 Å². The summed E-state index contributed by atoms with van der Waals surface area (Å²) < 4.78 is 0. The highest BCUT2D eigenvalue weighted by Gasteiger charge is 2.27. The van der Waals surface area contributed by atoms with Crippen LogP contribution in [0.5, 0.6) is 0 Å². The number of carbonyl (C=O) groups is 1. The van der Waals surface area contributed by atoms with Gasteiger partial charge in [-0.25, -0.2) is 4.98 Å². The maximum absolute atomic E-state index is 12.5. The molecule has 8 nitrogen and oxygen atoms in total. The van der Waals surface area contributed by atoms with Crippen molar-refractivity contribution in [3.05, 3.63) is 53.9 Å². The first-order valence-corrected chi connectivity index (χ1v) is 8.41. The third kappa shape index (κ3) is 2.71. The number of H-pyrrole nitrogens is 2. The number of benzene rings is 2. The van der Waals surface area contributed by atoms with Gasteiger partial charge in [0.15, 0.2) is 5.82 Å². The van der Waals surface area contributed by atoms with E-state index in [-0.39, 0.29) is 5.91 Å². The number of anilines is 1. The molecule has 8 heteroatoms. The zero-order valence-corrected chi connectivity index (χ0v) is 13.7. The molecule has 2 heterocycles. The van der Waals surface area contributed by atoms with Crippen molar-refractivity contribution >= 4 is 22.6 Å². The molecule has 0 aliphatic heterocycles. The Morgan fingerprint density at radius 1 is 1.04 bits per heavy atom. The molecule has 3 N–H and O–H groups in total. The summed E-state index contributed by atoms with van der Waals surface area (Å²) in [4.78, 5) is 17.1. The Morgan fingerprint density at radius 2 is 1.92 bits per heavy atom. The Bertz CT molecular complexity index is 1110. The fraction of sp³-hybridized carbons (Fsp3) is 0.167. The first-order valence-electron chi connectivity index (χ1n) is 8.41. The van der Waals surface area contributed by atoms with Gasteiger partial charge in [0.1, 0.15) is 16.9 Å². The van der Waals surface area contributed by atoms with Gasteiger partial charge in [-0.3, -0.25) is 9.89 Å². The second-order valence-electron chi connectivity index (χ2n) is 6.38. The van der Waals surface area contributed by atoms with E-state index < -0.39 is 0 Å². The third-order valence-corrected chi connectivity index (χ3v) is 4.42. The summed E-state index contributed by atoms with van der Waals surface area (Å²) in [6.45, 7) is 0. The molecule has 1 aliphatic rings. The van der Waals surface area contributed by atoms with Gasteiger partial charge in [-0.05, 0) is 43.2 Å². The lowest BCUT2D eigenvalue weighted by molar-refractivity contribution is 0.102. The first kappa shape index (κ1) is 14.8. The Hall–Kier alpha value is -3.55. The molecule has 4 aromatic rings. The van der Waals surface area contributed by atoms with E-state index in [2.05, 4.69) is 35.9 Å². The number of aromatic amines is 2. The maximum atomic E-state index is 12.5. The summed E-state index contributed by atoms with van der Waals surface area (Å²) in [7, 11) is 0. The van der Waals surface area contributed by atoms with Crippen LogP contribution >= 0.6 is 0 Å². The Kier molecular flexibility index (Phi) is 3.27. The molecule has 0 bridgehead atoms. The molecule has 0 atom stereocenters. The number of aromatic nitrogens is 6. The standard InChI is InChI=1S/C18H15N7O/c26-18(12-6-7-14-15(9-12)22-25-21-14)19-13-3-1-2-11(8-13)17-20-16(23-24-17)10-4-5-10/h1-3,6-10H,4-5H2,(H,19,26)(H,20,23,24)(H,21,22,25). The van der Waals surface area contributed by atoms with Crippen molar-refractivity contribution in [1.29, 1.82) is 0 Å². The largest absolute Gasteiger partial charge is 0.322 e. The van der Waals surface area contributed by atoms with E-state index in [0.29, 0.717) is 28.5 Å². The molecule has 1 saturated carbocycles. The van der Waals surface area contributed by atoms with Crippen LogP contribution in [0.4, 0.5) is 5.69 Å². The van der Waals surface area contributed by atoms with Crippen LogP contribution in [-0.4, -0.2) is 36.5 Å². The number of nitrogens with zero attached hydrogens (tertiary/aromatic N) is 4. The zero-order valence-electron chi connectivity index (χ0n) is 13.7. The van der Waals surface area contributed by atoms with Crippen LogP contribution in [-0.2, 0) is 0 Å². The summed E-state index contributed by atoms with van der Waals surface area (Å²) in [6.07, 6.45) is 2.33. The summed E-state index contributed by atoms with van der Waals surface area (Å²) >= 11 is 0. The summed E-state index contributed by atoms with van der Waals surface area (Å²) in [5, 5.41) is 20.7. The van der Waals surface area contributed by atoms with E-state index in [1.807, 2.05) is 24.3 Å². The van der Waals surface area contributed by atoms with E-state index in [1.165, 1.54) is 12.8 Å². The van der Waals surface area contributed by atoms with Gasteiger partial charge in [0, 0.05) is 22.7 Å². The minimum atomic E-state index is -0.208. The normalized spacial score (nSPS) is 13.8. The molecule has 128 valence electrons. The predicted octanol–water partition coefficient (Wildman–Crippen LogP) is 2.87. The zero-order chi connectivity index (χ0) is 17.5. The van der Waals surface area contributed by atoms with Gasteiger partial charge < -0.3 is 5.32 Å². The minimum absolute atomic E-state index is 0.208. The number of carbonyl (C=O) groups excluding carboxylic acids is 1. The Balaban J connectivity index is 1.38. The fourth-order valence-corrected chi connectivity index (χ4v) is 2.86. The average Bonchev–Trinajstić information content (AvgIpc) is 3.20. The molecule has 1 amide bonds. The first-order chi connectivity index (χ1) is 12.8. The molecule has 1 aliphatic carbocycles. The van der Waals surface area contributed by atoms with Gasteiger partial charge in [0.25, 0.3) is 5.91 Å². The van der Waals surface area contributed by atoms with E-state index in [4.69, 9.17) is 0 Å². The lowest BCUT2D eigenvalue weighted by Crippen LogP contribution is -2.11. The second-order valence-corrected chi connectivity index (χ2v) is 6.38. The number of amides is 1. The molecule has 2 aromatic carbocycles. The average molecular weight is 345 g/mol. The van der Waals surface area contributed by atoms with Gasteiger partial charge in [0.2, 0.25) is 0 Å². The van der Waals surface area contributed by atoms with E-state index in [1.54, 1.807) is 18.2 Å². The van der Waals surface area contributed by atoms with E-state index in [0.717, 1.165) is 16.9 Å². The van der Waals surface area contributed by atoms with Crippen molar-refractivity contribution in [2.24, 2.45) is 0 Å². The van der Waals surface area contributed by atoms with Crippen molar-refractivity contribution < 1.29 is 4.79 Å². The van der Waals surface area contributed by atoms with Crippen molar-refractivity contribution in [2.75, 3.05) is 5.32 Å². The highest BCUT2D eigenvalue weighted by Crippen LogP contribution is 2.38. The molecule has 0 radical (unpaired) electrons. The van der Waals surface area contributed by atoms with Crippen molar-refractivity contribution in [3.8, 4) is 11.4 Å². The molecule has 1 fully saturated rings. The maximum Gasteiger partial charge on any atom is 0.255 e. The molecule has 0 unspecified atom stereocenters. The molecular weight excluding hydrogens is 330 g/mol. The monoisotopic (exact) mass is 345 g/mol. The van der Waals surface area contributed by atoms with Gasteiger partial charge in [-0.1, -0.05) is 12.1 Å². The second kappa shape index (κ2) is 5.76. The number of hydrogen-bond acceptors (Lipinski definition) is 5. The van der Waals surface area contributed by atoms with Crippen molar-refractivity contribution in [3.63, 3.8) is 0 Å². The molecule has 0 spiro atoms. The smallest absolute Gasteiger partial charge is 0.255 e. The van der Waals surface area contributed by atoms with Gasteiger partial charge in [-0.15, -0.1) is 0 Å². The van der Waals surface area contributed by atoms with Crippen LogP contribution in [0.25, 0.3) is 22.4 Å².